The Morgan fingerprint density at radius 3 is 2.85 bits per heavy atom. The zero-order chi connectivity index (χ0) is 9.47. The van der Waals surface area contributed by atoms with Gasteiger partial charge in [0.1, 0.15) is 0 Å². The highest BCUT2D eigenvalue weighted by atomic mass is 32.2. The molecule has 0 N–H and O–H groups in total. The molecule has 0 amide bonds. The summed E-state index contributed by atoms with van der Waals surface area (Å²) in [7, 11) is -3.22. The van der Waals surface area contributed by atoms with Crippen LogP contribution in [0.1, 0.15) is 0 Å². The Morgan fingerprint density at radius 1 is 1.46 bits per heavy atom. The smallest absolute Gasteiger partial charge is 0.194 e. The fourth-order valence-corrected chi connectivity index (χ4v) is 1.56. The van der Waals surface area contributed by atoms with E-state index in [0.29, 0.717) is 5.65 Å². The van der Waals surface area contributed by atoms with E-state index >= 15 is 0 Å². The molecule has 0 bridgehead atoms. The summed E-state index contributed by atoms with van der Waals surface area (Å²) in [5.41, 5.74) is 0.530. The molecule has 0 unspecified atom stereocenters. The number of hydrogen-bond acceptors (Lipinski definition) is 4. The summed E-state index contributed by atoms with van der Waals surface area (Å²) in [6.07, 6.45) is 7.32. The minimum atomic E-state index is -3.22. The average molecular weight is 197 g/mol. The summed E-state index contributed by atoms with van der Waals surface area (Å²) in [5.74, 6) is 0. The Balaban J connectivity index is 2.77. The monoisotopic (exact) mass is 197 g/mol. The van der Waals surface area contributed by atoms with E-state index in [-0.39, 0.29) is 5.03 Å². The largest absolute Gasteiger partial charge is 0.303 e. The lowest BCUT2D eigenvalue weighted by atomic mass is 10.7. The summed E-state index contributed by atoms with van der Waals surface area (Å²) in [6.45, 7) is 0. The van der Waals surface area contributed by atoms with Gasteiger partial charge < -0.3 is 4.40 Å². The van der Waals surface area contributed by atoms with Crippen molar-refractivity contribution in [3.05, 3.63) is 24.8 Å². The highest BCUT2D eigenvalue weighted by Crippen LogP contribution is 2.08. The van der Waals surface area contributed by atoms with Crippen molar-refractivity contribution in [3.63, 3.8) is 0 Å². The average Bonchev–Trinajstić information content (AvgIpc) is 2.45. The lowest BCUT2D eigenvalue weighted by Gasteiger charge is -1.86. The van der Waals surface area contributed by atoms with Gasteiger partial charge in [-0.1, -0.05) is 0 Å². The van der Waals surface area contributed by atoms with Crippen molar-refractivity contribution in [1.82, 2.24) is 14.4 Å². The minimum absolute atomic E-state index is 0.0699. The van der Waals surface area contributed by atoms with Crippen LogP contribution < -0.4 is 0 Å². The Morgan fingerprint density at radius 2 is 2.23 bits per heavy atom. The number of rotatable bonds is 1. The molecule has 5 nitrogen and oxygen atoms in total. The van der Waals surface area contributed by atoms with Crippen LogP contribution in [0.4, 0.5) is 0 Å². The first kappa shape index (κ1) is 8.18. The molecule has 0 saturated carbocycles. The van der Waals surface area contributed by atoms with E-state index in [2.05, 4.69) is 9.97 Å². The Kier molecular flexibility index (Phi) is 1.59. The summed E-state index contributed by atoms with van der Waals surface area (Å²) in [6, 6.07) is 0. The van der Waals surface area contributed by atoms with Crippen molar-refractivity contribution in [2.24, 2.45) is 0 Å². The second-order valence-electron chi connectivity index (χ2n) is 2.69. The molecule has 6 heteroatoms. The summed E-state index contributed by atoms with van der Waals surface area (Å²) < 4.78 is 23.8. The standard InChI is InChI=1S/C7H7N3O2S/c1-13(11,12)7-5-10-3-2-8-4-6(10)9-7/h2-5H,1H3. The Hall–Kier alpha value is -1.43. The first-order chi connectivity index (χ1) is 6.07. The molecule has 0 saturated heterocycles. The third-order valence-electron chi connectivity index (χ3n) is 1.62. The third kappa shape index (κ3) is 1.40. The van der Waals surface area contributed by atoms with Crippen LogP contribution in [0.15, 0.2) is 29.8 Å². The predicted octanol–water partition coefficient (Wildman–Crippen LogP) is 0.133. The van der Waals surface area contributed by atoms with E-state index in [1.54, 1.807) is 16.8 Å². The first-order valence-corrected chi connectivity index (χ1v) is 5.45. The maximum atomic E-state index is 11.1. The van der Waals surface area contributed by atoms with E-state index in [4.69, 9.17) is 0 Å². The number of sulfone groups is 1. The number of aromatic nitrogens is 3. The molecule has 2 rings (SSSR count). The topological polar surface area (TPSA) is 64.3 Å². The molecule has 0 aromatic carbocycles. The zero-order valence-electron chi connectivity index (χ0n) is 6.88. The van der Waals surface area contributed by atoms with Gasteiger partial charge in [0.15, 0.2) is 20.5 Å². The molecular weight excluding hydrogens is 190 g/mol. The predicted molar refractivity (Wildman–Crippen MR) is 46.1 cm³/mol. The van der Waals surface area contributed by atoms with Crippen LogP contribution in [0.2, 0.25) is 0 Å². The Labute approximate surface area is 75.0 Å². The third-order valence-corrected chi connectivity index (χ3v) is 2.58. The maximum absolute atomic E-state index is 11.1. The molecule has 2 aromatic heterocycles. The SMILES string of the molecule is CS(=O)(=O)c1cn2ccncc2n1. The van der Waals surface area contributed by atoms with Crippen LogP contribution in [0.3, 0.4) is 0 Å². The summed E-state index contributed by atoms with van der Waals surface area (Å²) in [4.78, 5) is 7.73. The molecular formula is C7H7N3O2S. The van der Waals surface area contributed by atoms with Crippen LogP contribution in [-0.2, 0) is 9.84 Å². The molecule has 0 spiro atoms. The maximum Gasteiger partial charge on any atom is 0.194 e. The lowest BCUT2D eigenvalue weighted by molar-refractivity contribution is 0.599. The van der Waals surface area contributed by atoms with E-state index in [9.17, 15) is 8.42 Å². The van der Waals surface area contributed by atoms with Crippen molar-refractivity contribution < 1.29 is 8.42 Å². The van der Waals surface area contributed by atoms with Gasteiger partial charge in [0.25, 0.3) is 0 Å². The van der Waals surface area contributed by atoms with Gasteiger partial charge in [-0.3, -0.25) is 4.98 Å². The second kappa shape index (κ2) is 2.53. The van der Waals surface area contributed by atoms with Crippen LogP contribution in [0, 0.1) is 0 Å². The number of fused-ring (bicyclic) bond motifs is 1. The van der Waals surface area contributed by atoms with E-state index < -0.39 is 9.84 Å². The molecule has 2 heterocycles. The molecule has 0 atom stereocenters. The molecule has 0 aliphatic heterocycles. The highest BCUT2D eigenvalue weighted by Gasteiger charge is 2.11. The molecule has 0 aliphatic rings. The van der Waals surface area contributed by atoms with Crippen LogP contribution in [-0.4, -0.2) is 29.0 Å². The number of nitrogens with zero attached hydrogens (tertiary/aromatic N) is 3. The first-order valence-electron chi connectivity index (χ1n) is 3.56. The van der Waals surface area contributed by atoms with Gasteiger partial charge in [-0.25, -0.2) is 13.4 Å². The van der Waals surface area contributed by atoms with Gasteiger partial charge >= 0.3 is 0 Å². The fourth-order valence-electron chi connectivity index (χ4n) is 0.998. The lowest BCUT2D eigenvalue weighted by Crippen LogP contribution is -1.96. The highest BCUT2D eigenvalue weighted by molar-refractivity contribution is 7.90. The van der Waals surface area contributed by atoms with Gasteiger partial charge in [0.2, 0.25) is 0 Å². The minimum Gasteiger partial charge on any atom is -0.303 e. The number of imidazole rings is 1. The van der Waals surface area contributed by atoms with Crippen LogP contribution >= 0.6 is 0 Å². The number of hydrogen-bond donors (Lipinski definition) is 0. The molecule has 68 valence electrons. The van der Waals surface area contributed by atoms with E-state index in [1.165, 1.54) is 12.4 Å². The molecule has 0 radical (unpaired) electrons. The van der Waals surface area contributed by atoms with Gasteiger partial charge in [-0.2, -0.15) is 0 Å². The normalized spacial score (nSPS) is 12.1. The van der Waals surface area contributed by atoms with E-state index in [0.717, 1.165) is 6.26 Å². The summed E-state index contributed by atoms with van der Waals surface area (Å²) >= 11 is 0. The fraction of sp³-hybridized carbons (Fsp3) is 0.143. The van der Waals surface area contributed by atoms with Gasteiger partial charge in [-0.15, -0.1) is 0 Å². The quantitative estimate of drug-likeness (QED) is 0.652. The van der Waals surface area contributed by atoms with Crippen molar-refractivity contribution in [2.45, 2.75) is 5.03 Å². The van der Waals surface area contributed by atoms with Crippen LogP contribution in [0.25, 0.3) is 5.65 Å². The van der Waals surface area contributed by atoms with Crippen molar-refractivity contribution >= 4 is 15.5 Å². The van der Waals surface area contributed by atoms with Crippen molar-refractivity contribution in [1.29, 1.82) is 0 Å². The van der Waals surface area contributed by atoms with Gasteiger partial charge in [-0.05, 0) is 0 Å². The molecule has 2 aromatic rings. The van der Waals surface area contributed by atoms with E-state index in [1.807, 2.05) is 0 Å². The zero-order valence-corrected chi connectivity index (χ0v) is 7.69. The summed E-state index contributed by atoms with van der Waals surface area (Å²) in [5, 5.41) is 0.0699. The van der Waals surface area contributed by atoms with Crippen molar-refractivity contribution in [2.75, 3.05) is 6.26 Å². The van der Waals surface area contributed by atoms with Crippen LogP contribution in [0.5, 0.6) is 0 Å². The van der Waals surface area contributed by atoms with Crippen molar-refractivity contribution in [3.8, 4) is 0 Å². The van der Waals surface area contributed by atoms with Gasteiger partial charge in [0, 0.05) is 24.8 Å². The molecule has 0 aliphatic carbocycles. The molecule has 0 fully saturated rings. The molecule has 13 heavy (non-hydrogen) atoms. The second-order valence-corrected chi connectivity index (χ2v) is 4.66. The Bertz CT molecular complexity index is 511. The van der Waals surface area contributed by atoms with Gasteiger partial charge in [0.05, 0.1) is 6.20 Å².